The number of carbonyl (C=O) groups is 1. The fraction of sp³-hybridized carbons (Fsp3) is 0.800. The van der Waals surface area contributed by atoms with Crippen molar-refractivity contribution in [3.05, 3.63) is 12.2 Å². The summed E-state index contributed by atoms with van der Waals surface area (Å²) in [6.07, 6.45) is 5.58. The number of carbonyl (C=O) groups excluding carboxylic acids is 1. The first-order valence-electron chi connectivity index (χ1n) is 6.91. The van der Waals surface area contributed by atoms with Crippen molar-refractivity contribution < 1.29 is 19.0 Å². The zero-order chi connectivity index (χ0) is 14.3. The molecule has 1 aliphatic heterocycles. The number of hydrogen-bond donors (Lipinski definition) is 0. The van der Waals surface area contributed by atoms with Crippen LogP contribution in [-0.2, 0) is 19.0 Å². The molecule has 1 saturated heterocycles. The molecule has 0 bridgehead atoms. The normalized spacial score (nSPS) is 33.6. The van der Waals surface area contributed by atoms with Gasteiger partial charge in [-0.1, -0.05) is 6.08 Å². The fourth-order valence-electron chi connectivity index (χ4n) is 2.71. The van der Waals surface area contributed by atoms with Gasteiger partial charge in [-0.3, -0.25) is 0 Å². The van der Waals surface area contributed by atoms with Crippen LogP contribution in [0.4, 0.5) is 0 Å². The molecule has 0 radical (unpaired) electrons. The standard InChI is InChI=1S/C15H24O4/c1-14(2,3)19-13(16)7-6-10-8-11-12(9-10)18-15(4,5)17-11/h6-7,10-12H,8-9H2,1-5H3/b7-6+/t10?,11-,12+. The fourth-order valence-corrected chi connectivity index (χ4v) is 2.71. The van der Waals surface area contributed by atoms with E-state index in [4.69, 9.17) is 14.2 Å². The van der Waals surface area contributed by atoms with Crippen LogP contribution < -0.4 is 0 Å². The summed E-state index contributed by atoms with van der Waals surface area (Å²) >= 11 is 0. The van der Waals surface area contributed by atoms with E-state index in [9.17, 15) is 4.79 Å². The smallest absolute Gasteiger partial charge is 0.330 e. The number of ether oxygens (including phenoxy) is 3. The van der Waals surface area contributed by atoms with Crippen LogP contribution in [-0.4, -0.2) is 29.6 Å². The Morgan fingerprint density at radius 2 is 1.74 bits per heavy atom. The quantitative estimate of drug-likeness (QED) is 0.570. The number of fused-ring (bicyclic) bond motifs is 1. The highest BCUT2D eigenvalue weighted by Gasteiger charge is 2.46. The van der Waals surface area contributed by atoms with Gasteiger partial charge in [-0.2, -0.15) is 0 Å². The minimum absolute atomic E-state index is 0.156. The molecule has 0 aromatic heterocycles. The van der Waals surface area contributed by atoms with Crippen LogP contribution in [0.15, 0.2) is 12.2 Å². The molecule has 4 heteroatoms. The lowest BCUT2D eigenvalue weighted by Gasteiger charge is -2.20. The van der Waals surface area contributed by atoms with Gasteiger partial charge in [-0.25, -0.2) is 4.79 Å². The Labute approximate surface area is 115 Å². The minimum atomic E-state index is -0.463. The molecule has 4 nitrogen and oxygen atoms in total. The van der Waals surface area contributed by atoms with E-state index in [1.54, 1.807) is 0 Å². The van der Waals surface area contributed by atoms with Crippen molar-refractivity contribution in [1.82, 2.24) is 0 Å². The van der Waals surface area contributed by atoms with Gasteiger partial charge in [0, 0.05) is 6.08 Å². The van der Waals surface area contributed by atoms with Crippen LogP contribution in [0, 0.1) is 5.92 Å². The number of hydrogen-bond acceptors (Lipinski definition) is 4. The van der Waals surface area contributed by atoms with Crippen LogP contribution in [0.5, 0.6) is 0 Å². The second kappa shape index (κ2) is 4.91. The molecule has 1 aliphatic carbocycles. The third-order valence-electron chi connectivity index (χ3n) is 3.27. The van der Waals surface area contributed by atoms with E-state index in [2.05, 4.69) is 0 Å². The summed E-state index contributed by atoms with van der Waals surface area (Å²) in [6.45, 7) is 9.47. The van der Waals surface area contributed by atoms with Gasteiger partial charge in [0.2, 0.25) is 0 Å². The second-order valence-electron chi connectivity index (χ2n) is 6.84. The van der Waals surface area contributed by atoms with Crippen LogP contribution in [0.25, 0.3) is 0 Å². The largest absolute Gasteiger partial charge is 0.457 e. The lowest BCUT2D eigenvalue weighted by atomic mass is 10.1. The summed E-state index contributed by atoms with van der Waals surface area (Å²) in [5.41, 5.74) is -0.441. The van der Waals surface area contributed by atoms with Gasteiger partial charge >= 0.3 is 5.97 Å². The summed E-state index contributed by atoms with van der Waals surface area (Å²) in [5.74, 6) is -0.416. The lowest BCUT2D eigenvalue weighted by molar-refractivity contribution is -0.153. The number of allylic oxidation sites excluding steroid dienone is 1. The Kier molecular flexibility index (Phi) is 3.76. The highest BCUT2D eigenvalue weighted by molar-refractivity contribution is 5.82. The van der Waals surface area contributed by atoms with Crippen molar-refractivity contribution in [3.8, 4) is 0 Å². The van der Waals surface area contributed by atoms with Crippen molar-refractivity contribution >= 4 is 5.97 Å². The Morgan fingerprint density at radius 1 is 1.21 bits per heavy atom. The van der Waals surface area contributed by atoms with Crippen LogP contribution in [0.2, 0.25) is 0 Å². The summed E-state index contributed by atoms with van der Waals surface area (Å²) in [6, 6.07) is 0. The number of esters is 1. The Hall–Kier alpha value is -0.870. The zero-order valence-electron chi connectivity index (χ0n) is 12.4. The molecule has 1 saturated carbocycles. The van der Waals surface area contributed by atoms with Gasteiger partial charge in [0.15, 0.2) is 5.79 Å². The highest BCUT2D eigenvalue weighted by atomic mass is 16.8. The number of rotatable bonds is 2. The molecular formula is C15H24O4. The maximum atomic E-state index is 11.6. The molecule has 2 fully saturated rings. The molecule has 1 unspecified atom stereocenters. The lowest BCUT2D eigenvalue weighted by Crippen LogP contribution is -2.23. The second-order valence-corrected chi connectivity index (χ2v) is 6.84. The van der Waals surface area contributed by atoms with Crippen molar-refractivity contribution in [1.29, 1.82) is 0 Å². The van der Waals surface area contributed by atoms with E-state index >= 15 is 0 Å². The van der Waals surface area contributed by atoms with Crippen LogP contribution >= 0.6 is 0 Å². The predicted molar refractivity (Wildman–Crippen MR) is 71.5 cm³/mol. The predicted octanol–water partition coefficient (Wildman–Crippen LogP) is 2.81. The molecule has 0 aromatic rings. The van der Waals surface area contributed by atoms with Crippen molar-refractivity contribution in [2.45, 2.75) is 71.1 Å². The van der Waals surface area contributed by atoms with E-state index in [1.165, 1.54) is 6.08 Å². The molecule has 1 heterocycles. The van der Waals surface area contributed by atoms with Gasteiger partial charge in [0.05, 0.1) is 12.2 Å². The molecule has 108 valence electrons. The zero-order valence-corrected chi connectivity index (χ0v) is 12.4. The van der Waals surface area contributed by atoms with E-state index in [-0.39, 0.29) is 18.2 Å². The van der Waals surface area contributed by atoms with E-state index in [1.807, 2.05) is 40.7 Å². The molecule has 0 spiro atoms. The van der Waals surface area contributed by atoms with Gasteiger partial charge in [0.25, 0.3) is 0 Å². The molecule has 19 heavy (non-hydrogen) atoms. The minimum Gasteiger partial charge on any atom is -0.457 e. The Balaban J connectivity index is 1.82. The summed E-state index contributed by atoms with van der Waals surface area (Å²) < 4.78 is 16.9. The third-order valence-corrected chi connectivity index (χ3v) is 3.27. The third kappa shape index (κ3) is 4.05. The maximum absolute atomic E-state index is 11.6. The molecule has 2 rings (SSSR count). The van der Waals surface area contributed by atoms with Gasteiger partial charge in [0.1, 0.15) is 5.60 Å². The van der Waals surface area contributed by atoms with E-state index in [0.717, 1.165) is 12.8 Å². The van der Waals surface area contributed by atoms with Gasteiger partial charge in [-0.05, 0) is 53.4 Å². The van der Waals surface area contributed by atoms with Crippen molar-refractivity contribution in [3.63, 3.8) is 0 Å². The Bertz CT molecular complexity index is 362. The SMILES string of the molecule is CC(C)(C)OC(=O)/C=C/C1C[C@@H]2OC(C)(C)O[C@@H]2C1. The average molecular weight is 268 g/mol. The monoisotopic (exact) mass is 268 g/mol. The van der Waals surface area contributed by atoms with Gasteiger partial charge < -0.3 is 14.2 Å². The molecular weight excluding hydrogens is 244 g/mol. The average Bonchev–Trinajstić information content (AvgIpc) is 2.64. The van der Waals surface area contributed by atoms with Crippen LogP contribution in [0.1, 0.15) is 47.5 Å². The molecule has 2 aliphatic rings. The molecule has 0 amide bonds. The first-order chi connectivity index (χ1) is 8.65. The van der Waals surface area contributed by atoms with E-state index in [0.29, 0.717) is 5.92 Å². The topological polar surface area (TPSA) is 44.8 Å². The summed E-state index contributed by atoms with van der Waals surface area (Å²) in [5, 5.41) is 0. The Morgan fingerprint density at radius 3 is 2.21 bits per heavy atom. The van der Waals surface area contributed by atoms with Gasteiger partial charge in [-0.15, -0.1) is 0 Å². The highest BCUT2D eigenvalue weighted by Crippen LogP contribution is 2.41. The van der Waals surface area contributed by atoms with E-state index < -0.39 is 11.4 Å². The summed E-state index contributed by atoms with van der Waals surface area (Å²) in [7, 11) is 0. The van der Waals surface area contributed by atoms with Crippen LogP contribution in [0.3, 0.4) is 0 Å². The molecule has 0 aromatic carbocycles. The summed E-state index contributed by atoms with van der Waals surface area (Å²) in [4.78, 5) is 11.6. The maximum Gasteiger partial charge on any atom is 0.330 e. The van der Waals surface area contributed by atoms with Crippen molar-refractivity contribution in [2.75, 3.05) is 0 Å². The first kappa shape index (κ1) is 14.5. The molecule has 3 atom stereocenters. The molecule has 0 N–H and O–H groups in total. The first-order valence-corrected chi connectivity index (χ1v) is 6.91. The van der Waals surface area contributed by atoms with Crippen molar-refractivity contribution in [2.24, 2.45) is 5.92 Å².